The summed E-state index contributed by atoms with van der Waals surface area (Å²) in [6.45, 7) is 2.85. The Kier molecular flexibility index (Phi) is 4.75. The first-order chi connectivity index (χ1) is 13.1. The number of anilines is 2. The SMILES string of the molecule is O=C(C1CC(=O)N(c2ccccc2F)C1)N1CCN(c2ccccn2)CC1. The maximum atomic E-state index is 14.0. The van der Waals surface area contributed by atoms with Gasteiger partial charge in [-0.05, 0) is 24.3 Å². The van der Waals surface area contributed by atoms with Crippen LogP contribution in [0.5, 0.6) is 0 Å². The molecule has 3 heterocycles. The first-order valence-corrected chi connectivity index (χ1v) is 9.13. The number of nitrogens with zero attached hydrogens (tertiary/aromatic N) is 4. The number of aromatic nitrogens is 1. The van der Waals surface area contributed by atoms with E-state index in [1.807, 2.05) is 23.1 Å². The molecule has 1 atom stereocenters. The maximum Gasteiger partial charge on any atom is 0.228 e. The van der Waals surface area contributed by atoms with Gasteiger partial charge in [-0.1, -0.05) is 18.2 Å². The van der Waals surface area contributed by atoms with Crippen molar-refractivity contribution in [3.63, 3.8) is 0 Å². The number of hydrogen-bond acceptors (Lipinski definition) is 4. The van der Waals surface area contributed by atoms with Crippen molar-refractivity contribution < 1.29 is 14.0 Å². The summed E-state index contributed by atoms with van der Waals surface area (Å²) in [5.74, 6) is -0.179. The van der Waals surface area contributed by atoms with Gasteiger partial charge in [-0.25, -0.2) is 9.37 Å². The number of carbonyl (C=O) groups excluding carboxylic acids is 2. The van der Waals surface area contributed by atoms with Crippen molar-refractivity contribution in [3.05, 3.63) is 54.5 Å². The van der Waals surface area contributed by atoms with E-state index in [2.05, 4.69) is 9.88 Å². The van der Waals surface area contributed by atoms with Crippen molar-refractivity contribution in [3.8, 4) is 0 Å². The summed E-state index contributed by atoms with van der Waals surface area (Å²) >= 11 is 0. The minimum Gasteiger partial charge on any atom is -0.353 e. The summed E-state index contributed by atoms with van der Waals surface area (Å²) in [7, 11) is 0. The van der Waals surface area contributed by atoms with E-state index in [-0.39, 0.29) is 30.5 Å². The smallest absolute Gasteiger partial charge is 0.228 e. The van der Waals surface area contributed by atoms with Crippen LogP contribution in [0, 0.1) is 11.7 Å². The fourth-order valence-electron chi connectivity index (χ4n) is 3.73. The molecule has 1 aromatic heterocycles. The molecule has 0 radical (unpaired) electrons. The minimum atomic E-state index is -0.442. The van der Waals surface area contributed by atoms with Crippen molar-refractivity contribution in [1.29, 1.82) is 0 Å². The van der Waals surface area contributed by atoms with Crippen LogP contribution in [-0.4, -0.2) is 54.4 Å². The standard InChI is InChI=1S/C20H21FN4O2/c21-16-5-1-2-6-17(16)25-14-15(13-19(25)26)20(27)24-11-9-23(10-12-24)18-7-3-4-8-22-18/h1-8,15H,9-14H2. The predicted molar refractivity (Wildman–Crippen MR) is 99.9 cm³/mol. The number of para-hydroxylation sites is 1. The minimum absolute atomic E-state index is 0.0251. The molecule has 2 aliphatic heterocycles. The molecule has 27 heavy (non-hydrogen) atoms. The molecular weight excluding hydrogens is 347 g/mol. The molecule has 0 spiro atoms. The highest BCUT2D eigenvalue weighted by Crippen LogP contribution is 2.28. The molecule has 0 aliphatic carbocycles. The molecule has 7 heteroatoms. The first-order valence-electron chi connectivity index (χ1n) is 9.13. The van der Waals surface area contributed by atoms with E-state index < -0.39 is 11.7 Å². The summed E-state index contributed by atoms with van der Waals surface area (Å²) in [6, 6.07) is 12.0. The molecule has 2 saturated heterocycles. The lowest BCUT2D eigenvalue weighted by atomic mass is 10.1. The topological polar surface area (TPSA) is 56.8 Å². The summed E-state index contributed by atoms with van der Waals surface area (Å²) in [4.78, 5) is 34.9. The van der Waals surface area contributed by atoms with Gasteiger partial charge in [0.2, 0.25) is 11.8 Å². The lowest BCUT2D eigenvalue weighted by Crippen LogP contribution is -2.51. The predicted octanol–water partition coefficient (Wildman–Crippen LogP) is 1.92. The van der Waals surface area contributed by atoms with Gasteiger partial charge < -0.3 is 14.7 Å². The van der Waals surface area contributed by atoms with Crippen molar-refractivity contribution >= 4 is 23.3 Å². The second kappa shape index (κ2) is 7.34. The Hall–Kier alpha value is -2.96. The molecule has 2 aromatic rings. The van der Waals surface area contributed by atoms with Crippen molar-refractivity contribution in [2.75, 3.05) is 42.5 Å². The third-order valence-electron chi connectivity index (χ3n) is 5.18. The van der Waals surface area contributed by atoms with Crippen LogP contribution in [0.2, 0.25) is 0 Å². The molecule has 0 bridgehead atoms. The summed E-state index contributed by atoms with van der Waals surface area (Å²) < 4.78 is 14.0. The van der Waals surface area contributed by atoms with Crippen LogP contribution in [0.25, 0.3) is 0 Å². The van der Waals surface area contributed by atoms with Gasteiger partial charge in [-0.2, -0.15) is 0 Å². The largest absolute Gasteiger partial charge is 0.353 e. The van der Waals surface area contributed by atoms with Crippen LogP contribution in [0.3, 0.4) is 0 Å². The van der Waals surface area contributed by atoms with Crippen LogP contribution in [0.4, 0.5) is 15.9 Å². The quantitative estimate of drug-likeness (QED) is 0.831. The zero-order chi connectivity index (χ0) is 18.8. The molecule has 4 rings (SSSR count). The lowest BCUT2D eigenvalue weighted by Gasteiger charge is -2.36. The number of benzene rings is 1. The first kappa shape index (κ1) is 17.5. The number of piperazine rings is 1. The number of pyridine rings is 1. The monoisotopic (exact) mass is 368 g/mol. The number of hydrogen-bond donors (Lipinski definition) is 0. The van der Waals surface area contributed by atoms with Gasteiger partial charge in [0.1, 0.15) is 11.6 Å². The fraction of sp³-hybridized carbons (Fsp3) is 0.350. The second-order valence-corrected chi connectivity index (χ2v) is 6.86. The molecule has 6 nitrogen and oxygen atoms in total. The van der Waals surface area contributed by atoms with E-state index in [9.17, 15) is 14.0 Å². The van der Waals surface area contributed by atoms with Gasteiger partial charge >= 0.3 is 0 Å². The Bertz CT molecular complexity index is 837. The average molecular weight is 368 g/mol. The van der Waals surface area contributed by atoms with E-state index in [1.54, 1.807) is 24.4 Å². The van der Waals surface area contributed by atoms with Crippen LogP contribution in [0.1, 0.15) is 6.42 Å². The Morgan fingerprint density at radius 2 is 1.78 bits per heavy atom. The zero-order valence-electron chi connectivity index (χ0n) is 14.9. The third-order valence-corrected chi connectivity index (χ3v) is 5.18. The van der Waals surface area contributed by atoms with Gasteiger partial charge in [-0.15, -0.1) is 0 Å². The van der Waals surface area contributed by atoms with Crippen molar-refractivity contribution in [2.24, 2.45) is 5.92 Å². The number of amides is 2. The Labute approximate surface area is 157 Å². The fourth-order valence-corrected chi connectivity index (χ4v) is 3.73. The average Bonchev–Trinajstić information content (AvgIpc) is 3.10. The normalized spacial score (nSPS) is 20.3. The Morgan fingerprint density at radius 1 is 1.04 bits per heavy atom. The van der Waals surface area contributed by atoms with Gasteiger partial charge in [0, 0.05) is 45.3 Å². The number of carbonyl (C=O) groups is 2. The van der Waals surface area contributed by atoms with Gasteiger partial charge in [-0.3, -0.25) is 9.59 Å². The van der Waals surface area contributed by atoms with Gasteiger partial charge in [0.05, 0.1) is 11.6 Å². The molecule has 1 aromatic carbocycles. The number of halogens is 1. The van der Waals surface area contributed by atoms with Gasteiger partial charge in [0.15, 0.2) is 0 Å². The highest BCUT2D eigenvalue weighted by Gasteiger charge is 2.38. The van der Waals surface area contributed by atoms with Crippen molar-refractivity contribution in [2.45, 2.75) is 6.42 Å². The van der Waals surface area contributed by atoms with Gasteiger partial charge in [0.25, 0.3) is 0 Å². The lowest BCUT2D eigenvalue weighted by molar-refractivity contribution is -0.136. The molecule has 2 amide bonds. The van der Waals surface area contributed by atoms with E-state index >= 15 is 0 Å². The van der Waals surface area contributed by atoms with E-state index in [0.717, 1.165) is 5.82 Å². The van der Waals surface area contributed by atoms with Crippen LogP contribution in [0.15, 0.2) is 48.7 Å². The van der Waals surface area contributed by atoms with Crippen molar-refractivity contribution in [1.82, 2.24) is 9.88 Å². The zero-order valence-corrected chi connectivity index (χ0v) is 14.9. The Morgan fingerprint density at radius 3 is 2.48 bits per heavy atom. The highest BCUT2D eigenvalue weighted by atomic mass is 19.1. The second-order valence-electron chi connectivity index (χ2n) is 6.86. The van der Waals surface area contributed by atoms with E-state index in [1.165, 1.54) is 11.0 Å². The summed E-state index contributed by atoms with van der Waals surface area (Å²) in [5, 5.41) is 0. The van der Waals surface area contributed by atoms with E-state index in [0.29, 0.717) is 26.2 Å². The highest BCUT2D eigenvalue weighted by molar-refractivity contribution is 6.00. The molecule has 1 unspecified atom stereocenters. The van der Waals surface area contributed by atoms with Crippen LogP contribution >= 0.6 is 0 Å². The Balaban J connectivity index is 1.38. The maximum absolute atomic E-state index is 14.0. The molecule has 2 aliphatic rings. The molecule has 2 fully saturated rings. The molecule has 0 saturated carbocycles. The summed E-state index contributed by atoms with van der Waals surface area (Å²) in [5.41, 5.74) is 0.248. The van der Waals surface area contributed by atoms with E-state index in [4.69, 9.17) is 0 Å². The molecule has 0 N–H and O–H groups in total. The molecule has 140 valence electrons. The molecular formula is C20H21FN4O2. The number of rotatable bonds is 3. The summed E-state index contributed by atoms with van der Waals surface area (Å²) in [6.07, 6.45) is 1.89. The van der Waals surface area contributed by atoms with Crippen LogP contribution in [-0.2, 0) is 9.59 Å². The van der Waals surface area contributed by atoms with Crippen LogP contribution < -0.4 is 9.80 Å². The third kappa shape index (κ3) is 3.49.